The first-order valence-corrected chi connectivity index (χ1v) is 15.2. The number of rotatable bonds is 9. The van der Waals surface area contributed by atoms with E-state index in [-0.39, 0.29) is 17.3 Å². The maximum Gasteiger partial charge on any atom is 0.196 e. The Labute approximate surface area is 241 Å². The van der Waals surface area contributed by atoms with Crippen LogP contribution in [0, 0.1) is 0 Å². The quantitative estimate of drug-likeness (QED) is 0.196. The molecule has 40 heavy (non-hydrogen) atoms. The first-order chi connectivity index (χ1) is 19.3. The van der Waals surface area contributed by atoms with Gasteiger partial charge < -0.3 is 19.9 Å². The van der Waals surface area contributed by atoms with E-state index in [2.05, 4.69) is 41.5 Å². The third-order valence-corrected chi connectivity index (χ3v) is 9.56. The lowest BCUT2D eigenvalue weighted by atomic mass is 9.84. The van der Waals surface area contributed by atoms with Crippen molar-refractivity contribution in [3.05, 3.63) is 82.0 Å². The largest absolute Gasteiger partial charge is 0.497 e. The molecule has 0 radical (unpaired) electrons. The fraction of sp³-hybridized carbons (Fsp3) is 0.367. The number of hydrogen-bond donors (Lipinski definition) is 2. The highest BCUT2D eigenvalue weighted by atomic mass is 32.2. The zero-order valence-corrected chi connectivity index (χ0v) is 24.3. The zero-order chi connectivity index (χ0) is 27.9. The SMILES string of the molecule is COc1ccc(NC(O)CSc2nnc3n2-c2sc4c(c2C(=O)C3CCc2ccccc2)CC(C)(C)OC4)cc1. The summed E-state index contributed by atoms with van der Waals surface area (Å²) in [6, 6.07) is 17.6. The van der Waals surface area contributed by atoms with Gasteiger partial charge in [-0.15, -0.1) is 21.5 Å². The van der Waals surface area contributed by atoms with Crippen molar-refractivity contribution in [2.24, 2.45) is 0 Å². The van der Waals surface area contributed by atoms with E-state index in [1.54, 1.807) is 18.4 Å². The number of fused-ring (bicyclic) bond motifs is 5. The van der Waals surface area contributed by atoms with E-state index in [1.807, 2.05) is 47.0 Å². The maximum atomic E-state index is 14.1. The maximum absolute atomic E-state index is 14.1. The highest BCUT2D eigenvalue weighted by molar-refractivity contribution is 7.99. The summed E-state index contributed by atoms with van der Waals surface area (Å²) in [5.41, 5.74) is 3.54. The number of methoxy groups -OCH3 is 1. The van der Waals surface area contributed by atoms with Crippen LogP contribution in [0.5, 0.6) is 5.75 Å². The number of benzene rings is 2. The lowest BCUT2D eigenvalue weighted by Crippen LogP contribution is -2.33. The number of carbonyl (C=O) groups excluding carboxylic acids is 1. The Morgan fingerprint density at radius 3 is 2.73 bits per heavy atom. The van der Waals surface area contributed by atoms with Crippen molar-refractivity contribution in [1.29, 1.82) is 0 Å². The molecule has 0 amide bonds. The molecule has 8 nitrogen and oxygen atoms in total. The summed E-state index contributed by atoms with van der Waals surface area (Å²) in [5.74, 6) is 1.51. The Bertz CT molecular complexity index is 1510. The number of nitrogens with one attached hydrogen (secondary N) is 1. The Hall–Kier alpha value is -3.18. The van der Waals surface area contributed by atoms with Gasteiger partial charge in [-0.2, -0.15) is 0 Å². The lowest BCUT2D eigenvalue weighted by Gasteiger charge is -2.31. The number of nitrogens with zero attached hydrogens (tertiary/aromatic N) is 3. The zero-order valence-electron chi connectivity index (χ0n) is 22.7. The average Bonchev–Trinajstić information content (AvgIpc) is 3.53. The third kappa shape index (κ3) is 5.28. The Morgan fingerprint density at radius 1 is 1.20 bits per heavy atom. The molecule has 0 bridgehead atoms. The Morgan fingerprint density at radius 2 is 1.98 bits per heavy atom. The van der Waals surface area contributed by atoms with Gasteiger partial charge in [-0.25, -0.2) is 0 Å². The summed E-state index contributed by atoms with van der Waals surface area (Å²) in [5, 5.41) is 24.4. The molecule has 0 saturated carbocycles. The van der Waals surface area contributed by atoms with Crippen molar-refractivity contribution in [1.82, 2.24) is 14.8 Å². The smallest absolute Gasteiger partial charge is 0.196 e. The number of aromatic nitrogens is 3. The number of thioether (sulfide) groups is 1. The number of hydrogen-bond acceptors (Lipinski definition) is 9. The van der Waals surface area contributed by atoms with Crippen molar-refractivity contribution < 1.29 is 19.4 Å². The van der Waals surface area contributed by atoms with Crippen LogP contribution in [-0.4, -0.2) is 50.3 Å². The van der Waals surface area contributed by atoms with Crippen molar-refractivity contribution >= 4 is 34.6 Å². The number of ketones is 1. The van der Waals surface area contributed by atoms with Crippen LogP contribution < -0.4 is 10.1 Å². The molecule has 2 unspecified atom stereocenters. The minimum atomic E-state index is -0.810. The molecule has 6 rings (SSSR count). The molecule has 10 heteroatoms. The second kappa shape index (κ2) is 11.0. The number of thiophene rings is 1. The number of ether oxygens (including phenoxy) is 2. The topological polar surface area (TPSA) is 98.5 Å². The highest BCUT2D eigenvalue weighted by Gasteiger charge is 2.42. The second-order valence-electron chi connectivity index (χ2n) is 10.7. The molecule has 208 valence electrons. The van der Waals surface area contributed by atoms with Gasteiger partial charge in [0.25, 0.3) is 0 Å². The average molecular weight is 577 g/mol. The van der Waals surface area contributed by atoms with Gasteiger partial charge in [0.05, 0.1) is 30.8 Å². The van der Waals surface area contributed by atoms with Crippen LogP contribution in [0.15, 0.2) is 59.8 Å². The van der Waals surface area contributed by atoms with Gasteiger partial charge in [0.1, 0.15) is 22.8 Å². The summed E-state index contributed by atoms with van der Waals surface area (Å²) in [4.78, 5) is 15.2. The standard InChI is InChI=1S/C30H32N4O4S2/c1-30(2)15-22-23(16-38-30)40-28-25(22)26(36)21(14-9-18-7-5-4-6-8-18)27-32-33-29(34(27)28)39-17-24(35)31-19-10-12-20(37-3)13-11-19/h4-8,10-13,21,24,31,35H,9,14-17H2,1-3H3. The number of aliphatic hydroxyl groups is 1. The number of carbonyl (C=O) groups is 1. The normalized spacial score (nSPS) is 18.0. The van der Waals surface area contributed by atoms with Crippen LogP contribution in [0.25, 0.3) is 5.00 Å². The van der Waals surface area contributed by atoms with Gasteiger partial charge in [0.15, 0.2) is 10.9 Å². The Kier molecular flexibility index (Phi) is 7.43. The minimum Gasteiger partial charge on any atom is -0.497 e. The number of aryl methyl sites for hydroxylation is 1. The van der Waals surface area contributed by atoms with Gasteiger partial charge >= 0.3 is 0 Å². The van der Waals surface area contributed by atoms with Gasteiger partial charge in [0.2, 0.25) is 0 Å². The van der Waals surface area contributed by atoms with E-state index in [0.29, 0.717) is 36.2 Å². The van der Waals surface area contributed by atoms with E-state index < -0.39 is 6.23 Å². The van der Waals surface area contributed by atoms with E-state index in [1.165, 1.54) is 17.3 Å². The third-order valence-electron chi connectivity index (χ3n) is 7.36. The monoisotopic (exact) mass is 576 g/mol. The Balaban J connectivity index is 1.29. The van der Waals surface area contributed by atoms with Gasteiger partial charge in [-0.3, -0.25) is 9.36 Å². The fourth-order valence-electron chi connectivity index (χ4n) is 5.32. The molecule has 2 N–H and O–H groups in total. The van der Waals surface area contributed by atoms with Crippen molar-refractivity contribution in [2.45, 2.75) is 62.6 Å². The van der Waals surface area contributed by atoms with Crippen LogP contribution in [-0.2, 0) is 24.2 Å². The molecule has 0 fully saturated rings. The molecule has 0 saturated heterocycles. The summed E-state index contributed by atoms with van der Waals surface area (Å²) in [6.45, 7) is 4.64. The van der Waals surface area contributed by atoms with Crippen LogP contribution in [0.1, 0.15) is 58.4 Å². The molecule has 0 aliphatic carbocycles. The minimum absolute atomic E-state index is 0.124. The predicted octanol–water partition coefficient (Wildman–Crippen LogP) is 5.62. The van der Waals surface area contributed by atoms with Crippen molar-refractivity contribution in [2.75, 3.05) is 18.2 Å². The van der Waals surface area contributed by atoms with E-state index in [4.69, 9.17) is 9.47 Å². The van der Waals surface area contributed by atoms with Crippen LogP contribution in [0.2, 0.25) is 0 Å². The fourth-order valence-corrected chi connectivity index (χ4v) is 7.43. The predicted molar refractivity (Wildman–Crippen MR) is 157 cm³/mol. The number of aliphatic hydroxyl groups excluding tert-OH is 1. The molecule has 2 aliphatic heterocycles. The van der Waals surface area contributed by atoms with Crippen LogP contribution in [0.4, 0.5) is 5.69 Å². The van der Waals surface area contributed by atoms with E-state index in [9.17, 15) is 9.90 Å². The summed E-state index contributed by atoms with van der Waals surface area (Å²) in [7, 11) is 1.62. The summed E-state index contributed by atoms with van der Waals surface area (Å²) < 4.78 is 13.3. The van der Waals surface area contributed by atoms with E-state index >= 15 is 0 Å². The van der Waals surface area contributed by atoms with Gasteiger partial charge in [0, 0.05) is 22.7 Å². The molecular formula is C30H32N4O4S2. The highest BCUT2D eigenvalue weighted by Crippen LogP contribution is 2.46. The molecule has 2 aromatic heterocycles. The van der Waals surface area contributed by atoms with Crippen LogP contribution >= 0.6 is 23.1 Å². The summed E-state index contributed by atoms with van der Waals surface area (Å²) in [6.07, 6.45) is 1.30. The number of anilines is 1. The van der Waals surface area contributed by atoms with Crippen LogP contribution in [0.3, 0.4) is 0 Å². The van der Waals surface area contributed by atoms with Crippen molar-refractivity contribution in [3.63, 3.8) is 0 Å². The molecule has 0 spiro atoms. The molecule has 2 aromatic carbocycles. The summed E-state index contributed by atoms with van der Waals surface area (Å²) >= 11 is 3.01. The second-order valence-corrected chi connectivity index (χ2v) is 12.8. The number of Topliss-reactive ketones (excluding diaryl/α,β-unsaturated/α-hetero) is 1. The van der Waals surface area contributed by atoms with Crippen molar-refractivity contribution in [3.8, 4) is 10.8 Å². The molecule has 4 heterocycles. The van der Waals surface area contributed by atoms with Gasteiger partial charge in [-0.1, -0.05) is 42.1 Å². The lowest BCUT2D eigenvalue weighted by molar-refractivity contribution is -0.0383. The first kappa shape index (κ1) is 27.0. The molecule has 4 aromatic rings. The molecular weight excluding hydrogens is 544 g/mol. The first-order valence-electron chi connectivity index (χ1n) is 13.4. The molecule has 2 atom stereocenters. The van der Waals surface area contributed by atoms with E-state index in [0.717, 1.165) is 38.9 Å². The molecule has 2 aliphatic rings. The van der Waals surface area contributed by atoms with Gasteiger partial charge in [-0.05, 0) is 62.1 Å².